The van der Waals surface area contributed by atoms with E-state index in [9.17, 15) is 4.79 Å². The van der Waals surface area contributed by atoms with Crippen LogP contribution in [-0.2, 0) is 20.2 Å². The van der Waals surface area contributed by atoms with Crippen molar-refractivity contribution < 1.29 is 19.3 Å². The Morgan fingerprint density at radius 3 is 2.27 bits per heavy atom. The molecule has 1 atom stereocenters. The molecule has 22 heavy (non-hydrogen) atoms. The first-order valence-corrected chi connectivity index (χ1v) is 7.18. The number of para-hydroxylation sites is 1. The van der Waals surface area contributed by atoms with Crippen LogP contribution in [0.1, 0.15) is 31.9 Å². The summed E-state index contributed by atoms with van der Waals surface area (Å²) >= 11 is 0. The Kier molecular flexibility index (Phi) is 3.51. The molecule has 0 spiro atoms. The molecule has 3 rings (SSSR count). The Morgan fingerprint density at radius 2 is 1.59 bits per heavy atom. The summed E-state index contributed by atoms with van der Waals surface area (Å²) in [6.45, 7) is 5.58. The summed E-state index contributed by atoms with van der Waals surface area (Å²) in [5, 5.41) is 0. The van der Waals surface area contributed by atoms with Gasteiger partial charge in [-0.05, 0) is 26.8 Å². The van der Waals surface area contributed by atoms with Crippen molar-refractivity contribution in [2.45, 2.75) is 32.0 Å². The van der Waals surface area contributed by atoms with Crippen LogP contribution in [0, 0.1) is 0 Å². The number of carbonyl (C=O) groups excluding carboxylic acids is 1. The SMILES string of the molecule is CC(C)(C)OOC1(c2ccccc2)C(=O)Oc2ccccc21. The molecular weight excluding hydrogens is 280 g/mol. The highest BCUT2D eigenvalue weighted by atomic mass is 17.2. The molecule has 0 N–H and O–H groups in total. The van der Waals surface area contributed by atoms with Crippen LogP contribution < -0.4 is 4.74 Å². The lowest BCUT2D eigenvalue weighted by molar-refractivity contribution is -0.389. The zero-order chi connectivity index (χ0) is 15.8. The quantitative estimate of drug-likeness (QED) is 0.376. The fourth-order valence-corrected chi connectivity index (χ4v) is 2.39. The van der Waals surface area contributed by atoms with Gasteiger partial charge < -0.3 is 4.74 Å². The Balaban J connectivity index is 2.14. The maximum Gasteiger partial charge on any atom is 0.356 e. The second kappa shape index (κ2) is 5.23. The van der Waals surface area contributed by atoms with Crippen LogP contribution in [-0.4, -0.2) is 11.6 Å². The summed E-state index contributed by atoms with van der Waals surface area (Å²) in [4.78, 5) is 23.8. The fourth-order valence-electron chi connectivity index (χ4n) is 2.39. The van der Waals surface area contributed by atoms with Crippen LogP contribution in [0.2, 0.25) is 0 Å². The molecule has 0 aromatic heterocycles. The van der Waals surface area contributed by atoms with Gasteiger partial charge in [-0.3, -0.25) is 0 Å². The predicted molar refractivity (Wildman–Crippen MR) is 81.2 cm³/mol. The molecule has 4 heteroatoms. The van der Waals surface area contributed by atoms with Crippen molar-refractivity contribution >= 4 is 5.97 Å². The molecule has 1 aliphatic rings. The van der Waals surface area contributed by atoms with Gasteiger partial charge >= 0.3 is 5.97 Å². The third kappa shape index (κ3) is 2.40. The minimum atomic E-state index is -1.40. The Morgan fingerprint density at radius 1 is 0.955 bits per heavy atom. The summed E-state index contributed by atoms with van der Waals surface area (Å²) in [5.74, 6) is -0.00184. The van der Waals surface area contributed by atoms with E-state index < -0.39 is 17.2 Å². The molecular formula is C18H18O4. The lowest BCUT2D eigenvalue weighted by Crippen LogP contribution is -2.40. The van der Waals surface area contributed by atoms with Crippen molar-refractivity contribution in [2.24, 2.45) is 0 Å². The smallest absolute Gasteiger partial charge is 0.356 e. The maximum atomic E-state index is 12.6. The molecule has 1 heterocycles. The van der Waals surface area contributed by atoms with Gasteiger partial charge in [-0.25, -0.2) is 14.6 Å². The third-order valence-corrected chi connectivity index (χ3v) is 3.35. The standard InChI is InChI=1S/C18H18O4/c1-17(2,3)21-22-18(13-9-5-4-6-10-13)14-11-7-8-12-15(14)20-16(18)19/h4-12H,1-3H3. The highest BCUT2D eigenvalue weighted by Gasteiger charge is 2.54. The number of esters is 1. The molecule has 0 fully saturated rings. The van der Waals surface area contributed by atoms with Gasteiger partial charge in [0, 0.05) is 11.1 Å². The number of benzene rings is 2. The molecule has 0 amide bonds. The van der Waals surface area contributed by atoms with Gasteiger partial charge in [-0.2, -0.15) is 0 Å². The van der Waals surface area contributed by atoms with E-state index in [4.69, 9.17) is 14.5 Å². The first-order valence-electron chi connectivity index (χ1n) is 7.18. The molecule has 0 aliphatic carbocycles. The van der Waals surface area contributed by atoms with E-state index in [-0.39, 0.29) is 0 Å². The summed E-state index contributed by atoms with van der Waals surface area (Å²) in [5.41, 5.74) is -0.630. The number of rotatable bonds is 3. The lowest BCUT2D eigenvalue weighted by atomic mass is 9.87. The molecule has 0 saturated heterocycles. The number of fused-ring (bicyclic) bond motifs is 1. The minimum absolute atomic E-state index is 0.494. The van der Waals surface area contributed by atoms with E-state index in [0.717, 1.165) is 0 Å². The Bertz CT molecular complexity index is 688. The molecule has 2 aromatic carbocycles. The average molecular weight is 298 g/mol. The van der Waals surface area contributed by atoms with E-state index in [1.54, 1.807) is 6.07 Å². The summed E-state index contributed by atoms with van der Waals surface area (Å²) in [6, 6.07) is 16.5. The van der Waals surface area contributed by atoms with Crippen molar-refractivity contribution in [3.8, 4) is 5.75 Å². The van der Waals surface area contributed by atoms with Crippen molar-refractivity contribution in [3.63, 3.8) is 0 Å². The van der Waals surface area contributed by atoms with Crippen LogP contribution in [0.5, 0.6) is 5.75 Å². The molecule has 2 aromatic rings. The topological polar surface area (TPSA) is 44.8 Å². The Labute approximate surface area is 129 Å². The largest absolute Gasteiger partial charge is 0.423 e. The normalized spacial score (nSPS) is 20.6. The highest BCUT2D eigenvalue weighted by Crippen LogP contribution is 2.45. The monoisotopic (exact) mass is 298 g/mol. The molecule has 1 unspecified atom stereocenters. The minimum Gasteiger partial charge on any atom is -0.423 e. The van der Waals surface area contributed by atoms with Gasteiger partial charge in [0.25, 0.3) is 5.60 Å². The Hall–Kier alpha value is -2.17. The number of carbonyl (C=O) groups is 1. The van der Waals surface area contributed by atoms with E-state index in [1.807, 2.05) is 69.3 Å². The summed E-state index contributed by atoms with van der Waals surface area (Å²) in [7, 11) is 0. The molecule has 114 valence electrons. The van der Waals surface area contributed by atoms with Crippen molar-refractivity contribution in [1.82, 2.24) is 0 Å². The average Bonchev–Trinajstić information content (AvgIpc) is 2.78. The second-order valence-electron chi connectivity index (χ2n) is 6.21. The van der Waals surface area contributed by atoms with Gasteiger partial charge in [0.2, 0.25) is 0 Å². The van der Waals surface area contributed by atoms with Gasteiger partial charge in [-0.1, -0.05) is 48.5 Å². The number of hydrogen-bond acceptors (Lipinski definition) is 4. The predicted octanol–water partition coefficient (Wildman–Crippen LogP) is 3.60. The van der Waals surface area contributed by atoms with E-state index in [2.05, 4.69) is 0 Å². The zero-order valence-corrected chi connectivity index (χ0v) is 12.8. The van der Waals surface area contributed by atoms with E-state index >= 15 is 0 Å². The molecule has 4 nitrogen and oxygen atoms in total. The van der Waals surface area contributed by atoms with Gasteiger partial charge in [0.1, 0.15) is 5.75 Å². The lowest BCUT2D eigenvalue weighted by Gasteiger charge is -2.29. The van der Waals surface area contributed by atoms with Gasteiger partial charge in [-0.15, -0.1) is 0 Å². The maximum absolute atomic E-state index is 12.6. The third-order valence-electron chi connectivity index (χ3n) is 3.35. The van der Waals surface area contributed by atoms with Gasteiger partial charge in [0.15, 0.2) is 0 Å². The summed E-state index contributed by atoms with van der Waals surface area (Å²) < 4.78 is 5.40. The van der Waals surface area contributed by atoms with Crippen molar-refractivity contribution in [3.05, 3.63) is 65.7 Å². The van der Waals surface area contributed by atoms with E-state index in [1.165, 1.54) is 0 Å². The van der Waals surface area contributed by atoms with Crippen molar-refractivity contribution in [1.29, 1.82) is 0 Å². The van der Waals surface area contributed by atoms with Crippen LogP contribution >= 0.6 is 0 Å². The van der Waals surface area contributed by atoms with E-state index in [0.29, 0.717) is 16.9 Å². The molecule has 0 saturated carbocycles. The zero-order valence-electron chi connectivity index (χ0n) is 12.8. The molecule has 1 aliphatic heterocycles. The number of hydrogen-bond donors (Lipinski definition) is 0. The molecule has 0 radical (unpaired) electrons. The second-order valence-corrected chi connectivity index (χ2v) is 6.21. The molecule has 0 bridgehead atoms. The fraction of sp³-hybridized carbons (Fsp3) is 0.278. The first kappa shape index (κ1) is 14.8. The van der Waals surface area contributed by atoms with Gasteiger partial charge in [0.05, 0.1) is 5.60 Å². The number of ether oxygens (including phenoxy) is 1. The van der Waals surface area contributed by atoms with Crippen molar-refractivity contribution in [2.75, 3.05) is 0 Å². The highest BCUT2D eigenvalue weighted by molar-refractivity contribution is 5.92. The van der Waals surface area contributed by atoms with Crippen LogP contribution in [0.4, 0.5) is 0 Å². The summed E-state index contributed by atoms with van der Waals surface area (Å²) in [6.07, 6.45) is 0. The first-order chi connectivity index (χ1) is 10.4. The van der Waals surface area contributed by atoms with Crippen LogP contribution in [0.15, 0.2) is 54.6 Å². The van der Waals surface area contributed by atoms with Crippen LogP contribution in [0.3, 0.4) is 0 Å². The van der Waals surface area contributed by atoms with Crippen LogP contribution in [0.25, 0.3) is 0 Å².